The summed E-state index contributed by atoms with van der Waals surface area (Å²) in [4.78, 5) is 0. The van der Waals surface area contributed by atoms with Gasteiger partial charge in [0.05, 0.1) is 11.7 Å². The molecule has 1 aromatic carbocycles. The van der Waals surface area contributed by atoms with E-state index in [-0.39, 0.29) is 11.5 Å². The Morgan fingerprint density at radius 3 is 2.24 bits per heavy atom. The molecule has 1 atom stereocenters. The first-order valence-corrected chi connectivity index (χ1v) is 7.67. The van der Waals surface area contributed by atoms with Crippen molar-refractivity contribution >= 4 is 0 Å². The number of hydrogen-bond acceptors (Lipinski definition) is 2. The third kappa shape index (κ3) is 3.53. The monoisotopic (exact) mass is 285 g/mol. The molecule has 1 heterocycles. The highest BCUT2D eigenvalue weighted by Crippen LogP contribution is 2.27. The number of hydrogen-bond donors (Lipinski definition) is 1. The molecule has 0 aliphatic heterocycles. The lowest BCUT2D eigenvalue weighted by Crippen LogP contribution is -2.22. The predicted molar refractivity (Wildman–Crippen MR) is 88.6 cm³/mol. The quantitative estimate of drug-likeness (QED) is 0.927. The first-order chi connectivity index (χ1) is 9.82. The fourth-order valence-electron chi connectivity index (χ4n) is 2.69. The van der Waals surface area contributed by atoms with Gasteiger partial charge in [0.25, 0.3) is 0 Å². The summed E-state index contributed by atoms with van der Waals surface area (Å²) in [6, 6.07) is 9.16. The van der Waals surface area contributed by atoms with Crippen LogP contribution in [0.15, 0.2) is 30.5 Å². The minimum absolute atomic E-state index is 0.191. The Balaban J connectivity index is 2.37. The van der Waals surface area contributed by atoms with Crippen LogP contribution in [0, 0.1) is 6.92 Å². The van der Waals surface area contributed by atoms with Gasteiger partial charge >= 0.3 is 0 Å². The maximum absolute atomic E-state index is 4.47. The molecule has 0 spiro atoms. The van der Waals surface area contributed by atoms with E-state index in [1.54, 1.807) is 0 Å². The molecule has 114 valence electrons. The van der Waals surface area contributed by atoms with Gasteiger partial charge in [-0.05, 0) is 30.0 Å². The topological polar surface area (TPSA) is 29.9 Å². The number of nitrogens with one attached hydrogen (secondary N) is 1. The van der Waals surface area contributed by atoms with Crippen LogP contribution in [0.2, 0.25) is 0 Å². The van der Waals surface area contributed by atoms with E-state index in [2.05, 4.69) is 75.5 Å². The lowest BCUT2D eigenvalue weighted by atomic mass is 9.86. The Kier molecular flexibility index (Phi) is 4.52. The second-order valence-corrected chi connectivity index (χ2v) is 6.71. The summed E-state index contributed by atoms with van der Waals surface area (Å²) in [5.41, 5.74) is 5.19. The third-order valence-electron chi connectivity index (χ3n) is 3.88. The fourth-order valence-corrected chi connectivity index (χ4v) is 2.69. The Labute approximate surface area is 128 Å². The smallest absolute Gasteiger partial charge is 0.0644 e. The first-order valence-electron chi connectivity index (χ1n) is 7.67. The van der Waals surface area contributed by atoms with E-state index in [0.29, 0.717) is 0 Å². The molecule has 2 aromatic rings. The highest BCUT2D eigenvalue weighted by molar-refractivity contribution is 5.36. The average Bonchev–Trinajstić information content (AvgIpc) is 2.74. The molecule has 0 amide bonds. The molecule has 0 saturated carbocycles. The van der Waals surface area contributed by atoms with E-state index < -0.39 is 0 Å². The number of nitrogens with zero attached hydrogens (tertiary/aromatic N) is 2. The zero-order valence-electron chi connectivity index (χ0n) is 14.1. The number of rotatable bonds is 4. The van der Waals surface area contributed by atoms with E-state index in [9.17, 15) is 0 Å². The predicted octanol–water partition coefficient (Wildman–Crippen LogP) is 3.72. The molecule has 1 aromatic heterocycles. The second kappa shape index (κ2) is 6.02. The van der Waals surface area contributed by atoms with Crippen LogP contribution in [0.25, 0.3) is 0 Å². The van der Waals surface area contributed by atoms with Crippen LogP contribution in [-0.2, 0) is 12.5 Å². The molecule has 0 fully saturated rings. The molecule has 0 saturated heterocycles. The molecular weight excluding hydrogens is 258 g/mol. The number of aryl methyl sites for hydroxylation is 2. The van der Waals surface area contributed by atoms with E-state index in [0.717, 1.165) is 12.2 Å². The third-order valence-corrected chi connectivity index (χ3v) is 3.88. The van der Waals surface area contributed by atoms with Gasteiger partial charge in [-0.2, -0.15) is 5.10 Å². The molecule has 21 heavy (non-hydrogen) atoms. The van der Waals surface area contributed by atoms with Gasteiger partial charge in [0, 0.05) is 18.8 Å². The molecule has 3 heteroatoms. The summed E-state index contributed by atoms with van der Waals surface area (Å²) in [7, 11) is 1.97. The average molecular weight is 285 g/mol. The standard InChI is InChI=1S/C18H27N3/c1-7-19-17(16-12-21(6)20-13(16)2)14-8-10-15(11-9-14)18(3,4)5/h8-12,17,19H,7H2,1-6H3. The molecular formula is C18H27N3. The molecule has 2 rings (SSSR count). The summed E-state index contributed by atoms with van der Waals surface area (Å²) >= 11 is 0. The van der Waals surface area contributed by atoms with Crippen molar-refractivity contribution in [3.05, 3.63) is 52.8 Å². The van der Waals surface area contributed by atoms with Crippen LogP contribution in [0.1, 0.15) is 56.1 Å². The highest BCUT2D eigenvalue weighted by atomic mass is 15.3. The van der Waals surface area contributed by atoms with Crippen molar-refractivity contribution in [1.29, 1.82) is 0 Å². The summed E-state index contributed by atoms with van der Waals surface area (Å²) in [5, 5.41) is 8.05. The van der Waals surface area contributed by atoms with Crippen LogP contribution in [0.4, 0.5) is 0 Å². The Hall–Kier alpha value is -1.61. The molecule has 3 nitrogen and oxygen atoms in total. The molecule has 0 aliphatic rings. The zero-order valence-corrected chi connectivity index (χ0v) is 14.1. The van der Waals surface area contributed by atoms with Crippen LogP contribution in [0.5, 0.6) is 0 Å². The number of aromatic nitrogens is 2. The molecule has 0 radical (unpaired) electrons. The van der Waals surface area contributed by atoms with Crippen LogP contribution < -0.4 is 5.32 Å². The zero-order chi connectivity index (χ0) is 15.6. The summed E-state index contributed by atoms with van der Waals surface area (Å²) in [6.45, 7) is 11.9. The van der Waals surface area contributed by atoms with Crippen molar-refractivity contribution in [2.75, 3.05) is 6.54 Å². The van der Waals surface area contributed by atoms with E-state index in [1.807, 2.05) is 11.7 Å². The van der Waals surface area contributed by atoms with Crippen molar-refractivity contribution in [3.8, 4) is 0 Å². The Bertz CT molecular complexity index is 588. The summed E-state index contributed by atoms with van der Waals surface area (Å²) < 4.78 is 1.89. The van der Waals surface area contributed by atoms with Gasteiger partial charge in [-0.15, -0.1) is 0 Å². The van der Waals surface area contributed by atoms with E-state index in [1.165, 1.54) is 16.7 Å². The normalized spacial score (nSPS) is 13.4. The Morgan fingerprint density at radius 2 is 1.81 bits per heavy atom. The van der Waals surface area contributed by atoms with Crippen molar-refractivity contribution in [2.45, 2.75) is 46.1 Å². The maximum atomic E-state index is 4.47. The van der Waals surface area contributed by atoms with Crippen molar-refractivity contribution in [3.63, 3.8) is 0 Å². The summed E-state index contributed by atoms with van der Waals surface area (Å²) in [5.74, 6) is 0. The second-order valence-electron chi connectivity index (χ2n) is 6.71. The van der Waals surface area contributed by atoms with Gasteiger partial charge in [0.2, 0.25) is 0 Å². The SMILES string of the molecule is CCNC(c1ccc(C(C)(C)C)cc1)c1cn(C)nc1C. The molecule has 1 unspecified atom stereocenters. The first kappa shape index (κ1) is 15.8. The van der Waals surface area contributed by atoms with Crippen molar-refractivity contribution in [1.82, 2.24) is 15.1 Å². The van der Waals surface area contributed by atoms with Crippen LogP contribution in [0.3, 0.4) is 0 Å². The van der Waals surface area contributed by atoms with Crippen LogP contribution in [-0.4, -0.2) is 16.3 Å². The van der Waals surface area contributed by atoms with Gasteiger partial charge in [-0.1, -0.05) is 52.0 Å². The van der Waals surface area contributed by atoms with Crippen molar-refractivity contribution in [2.24, 2.45) is 7.05 Å². The van der Waals surface area contributed by atoms with Crippen molar-refractivity contribution < 1.29 is 0 Å². The Morgan fingerprint density at radius 1 is 1.19 bits per heavy atom. The van der Waals surface area contributed by atoms with Gasteiger partial charge in [-0.3, -0.25) is 4.68 Å². The minimum Gasteiger partial charge on any atom is -0.306 e. The lowest BCUT2D eigenvalue weighted by molar-refractivity contribution is 0.587. The molecule has 0 bridgehead atoms. The van der Waals surface area contributed by atoms with E-state index in [4.69, 9.17) is 0 Å². The minimum atomic E-state index is 0.191. The van der Waals surface area contributed by atoms with Gasteiger partial charge < -0.3 is 5.32 Å². The van der Waals surface area contributed by atoms with Crippen LogP contribution >= 0.6 is 0 Å². The highest BCUT2D eigenvalue weighted by Gasteiger charge is 2.19. The van der Waals surface area contributed by atoms with Gasteiger partial charge in [-0.25, -0.2) is 0 Å². The maximum Gasteiger partial charge on any atom is 0.0644 e. The molecule has 0 aliphatic carbocycles. The lowest BCUT2D eigenvalue weighted by Gasteiger charge is -2.22. The fraction of sp³-hybridized carbons (Fsp3) is 0.500. The summed E-state index contributed by atoms with van der Waals surface area (Å²) in [6.07, 6.45) is 2.11. The van der Waals surface area contributed by atoms with Gasteiger partial charge in [0.15, 0.2) is 0 Å². The van der Waals surface area contributed by atoms with E-state index >= 15 is 0 Å². The molecule has 1 N–H and O–H groups in total. The van der Waals surface area contributed by atoms with Gasteiger partial charge in [0.1, 0.15) is 0 Å². The number of benzene rings is 1. The largest absolute Gasteiger partial charge is 0.306 e.